The minimum absolute atomic E-state index is 0.0986. The Morgan fingerprint density at radius 3 is 2.45 bits per heavy atom. The predicted molar refractivity (Wildman–Crippen MR) is 78.4 cm³/mol. The number of methoxy groups -OCH3 is 1. The van der Waals surface area contributed by atoms with Crippen LogP contribution in [-0.2, 0) is 0 Å². The molecule has 1 aliphatic rings. The molecule has 1 aromatic rings. The third kappa shape index (κ3) is 3.39. The summed E-state index contributed by atoms with van der Waals surface area (Å²) in [5.41, 5.74) is 0.642. The van der Waals surface area contributed by atoms with E-state index in [2.05, 4.69) is 10.6 Å². The van der Waals surface area contributed by atoms with E-state index in [4.69, 9.17) is 4.74 Å². The van der Waals surface area contributed by atoms with E-state index in [1.165, 1.54) is 6.07 Å². The summed E-state index contributed by atoms with van der Waals surface area (Å²) in [6.45, 7) is 0. The van der Waals surface area contributed by atoms with Crippen LogP contribution in [0.3, 0.4) is 0 Å². The van der Waals surface area contributed by atoms with Crippen LogP contribution in [0.5, 0.6) is 5.75 Å². The Balaban J connectivity index is 2.09. The molecule has 0 saturated heterocycles. The van der Waals surface area contributed by atoms with Crippen molar-refractivity contribution in [2.24, 2.45) is 0 Å². The van der Waals surface area contributed by atoms with Crippen LogP contribution in [0.1, 0.15) is 25.7 Å². The highest BCUT2D eigenvalue weighted by Gasteiger charge is 2.23. The lowest BCUT2D eigenvalue weighted by Gasteiger charge is -2.29. The summed E-state index contributed by atoms with van der Waals surface area (Å²) in [6.07, 6.45) is 4.21. The molecule has 0 heterocycles. The van der Waals surface area contributed by atoms with Gasteiger partial charge in [-0.1, -0.05) is 0 Å². The maximum absolute atomic E-state index is 11.1. The molecule has 0 bridgehead atoms. The number of nitro benzene ring substituents is 1. The molecule has 1 aromatic carbocycles. The van der Waals surface area contributed by atoms with Crippen LogP contribution < -0.4 is 15.4 Å². The lowest BCUT2D eigenvalue weighted by Crippen LogP contribution is -2.35. The van der Waals surface area contributed by atoms with Gasteiger partial charge in [0, 0.05) is 24.2 Å². The van der Waals surface area contributed by atoms with E-state index in [0.29, 0.717) is 17.5 Å². The largest absolute Gasteiger partial charge is 0.497 e. The molecule has 110 valence electrons. The van der Waals surface area contributed by atoms with Crippen molar-refractivity contribution in [1.82, 2.24) is 5.32 Å². The Kier molecular flexibility index (Phi) is 4.79. The van der Waals surface area contributed by atoms with Crippen molar-refractivity contribution in [2.45, 2.75) is 37.8 Å². The van der Waals surface area contributed by atoms with Crippen LogP contribution >= 0.6 is 0 Å². The molecule has 0 amide bonds. The SMILES string of the molecule is CNC1CCC(Nc2cc(OC)ccc2[N+](=O)[O-])CC1. The third-order valence-electron chi connectivity index (χ3n) is 3.90. The predicted octanol–water partition coefficient (Wildman–Crippen LogP) is 2.55. The van der Waals surface area contributed by atoms with Crippen LogP contribution in [0, 0.1) is 10.1 Å². The average molecular weight is 279 g/mol. The molecule has 0 spiro atoms. The number of anilines is 1. The molecule has 20 heavy (non-hydrogen) atoms. The number of ether oxygens (including phenoxy) is 1. The fourth-order valence-electron chi connectivity index (χ4n) is 2.66. The van der Waals surface area contributed by atoms with E-state index in [9.17, 15) is 10.1 Å². The monoisotopic (exact) mass is 279 g/mol. The lowest BCUT2D eigenvalue weighted by molar-refractivity contribution is -0.384. The Bertz CT molecular complexity index is 471. The summed E-state index contributed by atoms with van der Waals surface area (Å²) in [7, 11) is 3.54. The molecule has 1 aliphatic carbocycles. The Morgan fingerprint density at radius 2 is 1.90 bits per heavy atom. The maximum atomic E-state index is 11.1. The van der Waals surface area contributed by atoms with Crippen molar-refractivity contribution in [3.63, 3.8) is 0 Å². The molecule has 0 aliphatic heterocycles. The summed E-state index contributed by atoms with van der Waals surface area (Å²) in [6, 6.07) is 5.64. The minimum atomic E-state index is -0.360. The molecule has 2 N–H and O–H groups in total. The van der Waals surface area contributed by atoms with E-state index in [1.54, 1.807) is 19.2 Å². The first-order valence-electron chi connectivity index (χ1n) is 6.90. The fourth-order valence-corrected chi connectivity index (χ4v) is 2.66. The van der Waals surface area contributed by atoms with Crippen molar-refractivity contribution >= 4 is 11.4 Å². The smallest absolute Gasteiger partial charge is 0.292 e. The molecule has 2 rings (SSSR count). The van der Waals surface area contributed by atoms with Crippen molar-refractivity contribution in [3.05, 3.63) is 28.3 Å². The number of hydrogen-bond donors (Lipinski definition) is 2. The zero-order valence-corrected chi connectivity index (χ0v) is 11.9. The van der Waals surface area contributed by atoms with Crippen molar-refractivity contribution in [1.29, 1.82) is 0 Å². The molecule has 0 atom stereocenters. The van der Waals surface area contributed by atoms with E-state index < -0.39 is 0 Å². The first kappa shape index (κ1) is 14.6. The summed E-state index contributed by atoms with van der Waals surface area (Å²) in [5, 5.41) is 17.7. The topological polar surface area (TPSA) is 76.4 Å². The van der Waals surface area contributed by atoms with E-state index in [-0.39, 0.29) is 16.7 Å². The normalized spacial score (nSPS) is 22.3. The Morgan fingerprint density at radius 1 is 1.25 bits per heavy atom. The molecular weight excluding hydrogens is 258 g/mol. The Hall–Kier alpha value is -1.82. The van der Waals surface area contributed by atoms with Gasteiger partial charge in [0.1, 0.15) is 11.4 Å². The van der Waals surface area contributed by atoms with E-state index in [0.717, 1.165) is 25.7 Å². The van der Waals surface area contributed by atoms with Crippen molar-refractivity contribution in [2.75, 3.05) is 19.5 Å². The van der Waals surface area contributed by atoms with Gasteiger partial charge in [0.2, 0.25) is 0 Å². The second-order valence-corrected chi connectivity index (χ2v) is 5.12. The maximum Gasteiger partial charge on any atom is 0.292 e. The second kappa shape index (κ2) is 6.56. The van der Waals surface area contributed by atoms with Crippen molar-refractivity contribution in [3.8, 4) is 5.75 Å². The number of nitrogens with one attached hydrogen (secondary N) is 2. The zero-order valence-electron chi connectivity index (χ0n) is 11.9. The zero-order chi connectivity index (χ0) is 14.5. The molecule has 0 radical (unpaired) electrons. The highest BCUT2D eigenvalue weighted by molar-refractivity contribution is 5.64. The van der Waals surface area contributed by atoms with Crippen LogP contribution in [-0.4, -0.2) is 31.2 Å². The van der Waals surface area contributed by atoms with Gasteiger partial charge in [-0.05, 0) is 38.8 Å². The van der Waals surface area contributed by atoms with Gasteiger partial charge in [0.15, 0.2) is 0 Å². The van der Waals surface area contributed by atoms with Crippen LogP contribution in [0.15, 0.2) is 18.2 Å². The number of benzene rings is 1. The van der Waals surface area contributed by atoms with Gasteiger partial charge >= 0.3 is 0 Å². The minimum Gasteiger partial charge on any atom is -0.497 e. The first-order chi connectivity index (χ1) is 9.63. The summed E-state index contributed by atoms with van der Waals surface area (Å²) >= 11 is 0. The highest BCUT2D eigenvalue weighted by Crippen LogP contribution is 2.31. The molecule has 6 heteroatoms. The van der Waals surface area contributed by atoms with Gasteiger partial charge in [-0.2, -0.15) is 0 Å². The first-order valence-corrected chi connectivity index (χ1v) is 6.90. The van der Waals surface area contributed by atoms with Gasteiger partial charge in [-0.15, -0.1) is 0 Å². The highest BCUT2D eigenvalue weighted by atomic mass is 16.6. The molecule has 1 fully saturated rings. The third-order valence-corrected chi connectivity index (χ3v) is 3.90. The van der Waals surface area contributed by atoms with E-state index in [1.807, 2.05) is 7.05 Å². The van der Waals surface area contributed by atoms with Crippen LogP contribution in [0.25, 0.3) is 0 Å². The van der Waals surface area contributed by atoms with Crippen molar-refractivity contribution < 1.29 is 9.66 Å². The quantitative estimate of drug-likeness (QED) is 0.640. The van der Waals surface area contributed by atoms with Gasteiger partial charge < -0.3 is 15.4 Å². The lowest BCUT2D eigenvalue weighted by atomic mass is 9.91. The Labute approximate surface area is 118 Å². The van der Waals surface area contributed by atoms with Crippen LogP contribution in [0.4, 0.5) is 11.4 Å². The van der Waals surface area contributed by atoms with E-state index >= 15 is 0 Å². The summed E-state index contributed by atoms with van der Waals surface area (Å²) < 4.78 is 5.14. The number of nitrogens with zero attached hydrogens (tertiary/aromatic N) is 1. The molecule has 0 unspecified atom stereocenters. The fraction of sp³-hybridized carbons (Fsp3) is 0.571. The van der Waals surface area contributed by atoms with Gasteiger partial charge in [0.25, 0.3) is 5.69 Å². The summed E-state index contributed by atoms with van der Waals surface area (Å²) in [5.74, 6) is 0.627. The summed E-state index contributed by atoms with van der Waals surface area (Å²) in [4.78, 5) is 10.7. The standard InChI is InChI=1S/C14H21N3O3/c1-15-10-3-5-11(6-4-10)16-13-9-12(20-2)7-8-14(13)17(18)19/h7-11,15-16H,3-6H2,1-2H3. The molecule has 0 aromatic heterocycles. The second-order valence-electron chi connectivity index (χ2n) is 5.12. The van der Waals surface area contributed by atoms with Gasteiger partial charge in [-0.25, -0.2) is 0 Å². The molecule has 6 nitrogen and oxygen atoms in total. The van der Waals surface area contributed by atoms with Gasteiger partial charge in [0.05, 0.1) is 12.0 Å². The van der Waals surface area contributed by atoms with Crippen LogP contribution in [0.2, 0.25) is 0 Å². The molecule has 1 saturated carbocycles. The number of rotatable bonds is 5. The average Bonchev–Trinajstić information content (AvgIpc) is 2.47. The number of hydrogen-bond acceptors (Lipinski definition) is 5. The molecular formula is C14H21N3O3. The number of nitro groups is 1. The van der Waals surface area contributed by atoms with Gasteiger partial charge in [-0.3, -0.25) is 10.1 Å².